The van der Waals surface area contributed by atoms with Gasteiger partial charge in [0.15, 0.2) is 5.76 Å². The Bertz CT molecular complexity index is 939. The lowest BCUT2D eigenvalue weighted by molar-refractivity contribution is 0.0912. The zero-order valence-electron chi connectivity index (χ0n) is 14.8. The Morgan fingerprint density at radius 3 is 2.35 bits per heavy atom. The van der Waals surface area contributed by atoms with Crippen molar-refractivity contribution in [2.75, 3.05) is 0 Å². The first-order valence-corrected chi connectivity index (χ1v) is 8.29. The minimum Gasteiger partial charge on any atom is -0.451 e. The van der Waals surface area contributed by atoms with Crippen LogP contribution in [0.15, 0.2) is 52.9 Å². The van der Waals surface area contributed by atoms with E-state index >= 15 is 0 Å². The summed E-state index contributed by atoms with van der Waals surface area (Å²) in [7, 11) is 0. The van der Waals surface area contributed by atoms with Gasteiger partial charge in [-0.1, -0.05) is 24.3 Å². The van der Waals surface area contributed by atoms with Gasteiger partial charge in [-0.05, 0) is 56.2 Å². The number of hydrogen-bond donors (Lipinski definition) is 1. The van der Waals surface area contributed by atoms with Gasteiger partial charge in [0, 0.05) is 11.1 Å². The molecule has 5 heteroatoms. The van der Waals surface area contributed by atoms with Crippen LogP contribution >= 0.6 is 0 Å². The predicted molar refractivity (Wildman–Crippen MR) is 95.9 cm³/mol. The Kier molecular flexibility index (Phi) is 4.89. The molecular weight excluding hydrogens is 336 g/mol. The highest BCUT2D eigenvalue weighted by molar-refractivity contribution is 5.92. The van der Waals surface area contributed by atoms with E-state index < -0.39 is 23.6 Å². The molecule has 0 unspecified atom stereocenters. The maximum Gasteiger partial charge on any atom is 0.287 e. The number of furan rings is 1. The Morgan fingerprint density at radius 2 is 1.69 bits per heavy atom. The van der Waals surface area contributed by atoms with Crippen molar-refractivity contribution in [1.82, 2.24) is 5.32 Å². The first-order valence-electron chi connectivity index (χ1n) is 8.29. The molecule has 26 heavy (non-hydrogen) atoms. The zero-order chi connectivity index (χ0) is 18.8. The molecule has 0 saturated heterocycles. The highest BCUT2D eigenvalue weighted by Crippen LogP contribution is 2.26. The molecule has 3 nitrogen and oxygen atoms in total. The van der Waals surface area contributed by atoms with Crippen molar-refractivity contribution in [2.45, 2.75) is 26.8 Å². The van der Waals surface area contributed by atoms with Crippen LogP contribution in [-0.2, 0) is 0 Å². The Morgan fingerprint density at radius 1 is 1.04 bits per heavy atom. The first kappa shape index (κ1) is 17.9. The molecule has 0 radical (unpaired) electrons. The lowest BCUT2D eigenvalue weighted by Gasteiger charge is -2.14. The largest absolute Gasteiger partial charge is 0.451 e. The lowest BCUT2D eigenvalue weighted by atomic mass is 10.1. The van der Waals surface area contributed by atoms with Crippen LogP contribution < -0.4 is 5.32 Å². The van der Waals surface area contributed by atoms with Gasteiger partial charge in [-0.15, -0.1) is 0 Å². The number of rotatable bonds is 4. The molecule has 1 atom stereocenters. The molecule has 0 fully saturated rings. The summed E-state index contributed by atoms with van der Waals surface area (Å²) in [5, 5.41) is 2.70. The van der Waals surface area contributed by atoms with Gasteiger partial charge in [0.05, 0.1) is 6.04 Å². The molecule has 0 aliphatic carbocycles. The van der Waals surface area contributed by atoms with Crippen molar-refractivity contribution >= 4 is 5.91 Å². The Labute approximate surface area is 150 Å². The summed E-state index contributed by atoms with van der Waals surface area (Å²) < 4.78 is 33.1. The van der Waals surface area contributed by atoms with Crippen LogP contribution in [0.25, 0.3) is 11.3 Å². The quantitative estimate of drug-likeness (QED) is 0.687. The number of benzene rings is 2. The smallest absolute Gasteiger partial charge is 0.287 e. The van der Waals surface area contributed by atoms with E-state index in [9.17, 15) is 13.6 Å². The van der Waals surface area contributed by atoms with E-state index in [2.05, 4.69) is 5.32 Å². The number of aryl methyl sites for hydroxylation is 1. The SMILES string of the molecule is Cc1ccccc1-c1ccc(C(=O)N[C@H](C)c2cc(F)c(C)c(F)c2)o1. The van der Waals surface area contributed by atoms with E-state index in [1.165, 1.54) is 19.1 Å². The molecule has 134 valence electrons. The van der Waals surface area contributed by atoms with Crippen LogP contribution in [0.4, 0.5) is 8.78 Å². The van der Waals surface area contributed by atoms with E-state index in [-0.39, 0.29) is 11.3 Å². The molecular formula is C21H19F2NO2. The number of nitrogens with one attached hydrogen (secondary N) is 1. The third kappa shape index (κ3) is 3.52. The van der Waals surface area contributed by atoms with Crippen LogP contribution in [0.5, 0.6) is 0 Å². The summed E-state index contributed by atoms with van der Waals surface area (Å²) in [4.78, 5) is 12.4. The second kappa shape index (κ2) is 7.12. The third-order valence-electron chi connectivity index (χ3n) is 4.39. The molecule has 2 aromatic carbocycles. The van der Waals surface area contributed by atoms with Gasteiger partial charge in [-0.25, -0.2) is 8.78 Å². The average Bonchev–Trinajstić information content (AvgIpc) is 3.09. The normalized spacial score (nSPS) is 12.0. The van der Waals surface area contributed by atoms with Crippen LogP contribution in [-0.4, -0.2) is 5.91 Å². The molecule has 1 N–H and O–H groups in total. The number of carbonyl (C=O) groups is 1. The summed E-state index contributed by atoms with van der Waals surface area (Å²) in [6.07, 6.45) is 0. The van der Waals surface area contributed by atoms with E-state index in [0.717, 1.165) is 11.1 Å². The number of amides is 1. The van der Waals surface area contributed by atoms with Crippen LogP contribution in [0.3, 0.4) is 0 Å². The summed E-state index contributed by atoms with van der Waals surface area (Å²) in [6, 6.07) is 12.9. The van der Waals surface area contributed by atoms with Gasteiger partial charge < -0.3 is 9.73 Å². The molecule has 3 aromatic rings. The fraction of sp³-hybridized carbons (Fsp3) is 0.190. The van der Waals surface area contributed by atoms with Crippen molar-refractivity contribution in [3.05, 3.63) is 82.6 Å². The van der Waals surface area contributed by atoms with Gasteiger partial charge in [-0.3, -0.25) is 4.79 Å². The van der Waals surface area contributed by atoms with Crippen LogP contribution in [0.1, 0.15) is 40.2 Å². The van der Waals surface area contributed by atoms with E-state index in [1.807, 2.05) is 31.2 Å². The van der Waals surface area contributed by atoms with Gasteiger partial charge in [-0.2, -0.15) is 0 Å². The van der Waals surface area contributed by atoms with Crippen molar-refractivity contribution in [3.8, 4) is 11.3 Å². The molecule has 0 saturated carbocycles. The molecule has 1 aromatic heterocycles. The zero-order valence-corrected chi connectivity index (χ0v) is 14.8. The standard InChI is InChI=1S/C21H19F2NO2/c1-12-6-4-5-7-16(12)19-8-9-20(26-19)21(25)24-14(3)15-10-17(22)13(2)18(23)11-15/h4-11,14H,1-3H3,(H,24,25)/t14-/m1/s1. The second-order valence-corrected chi connectivity index (χ2v) is 6.28. The van der Waals surface area contributed by atoms with Gasteiger partial charge in [0.2, 0.25) is 0 Å². The fourth-order valence-electron chi connectivity index (χ4n) is 2.72. The minimum absolute atomic E-state index is 0.0406. The fourth-order valence-corrected chi connectivity index (χ4v) is 2.72. The number of halogens is 2. The molecule has 0 aliphatic rings. The second-order valence-electron chi connectivity index (χ2n) is 6.28. The van der Waals surface area contributed by atoms with Crippen molar-refractivity contribution in [2.24, 2.45) is 0 Å². The summed E-state index contributed by atoms with van der Waals surface area (Å²) in [6.45, 7) is 4.99. The summed E-state index contributed by atoms with van der Waals surface area (Å²) in [5.41, 5.74) is 2.25. The molecule has 0 spiro atoms. The van der Waals surface area contributed by atoms with Crippen LogP contribution in [0, 0.1) is 25.5 Å². The topological polar surface area (TPSA) is 42.2 Å². The molecule has 0 aliphatic heterocycles. The van der Waals surface area contributed by atoms with Gasteiger partial charge >= 0.3 is 0 Å². The highest BCUT2D eigenvalue weighted by Gasteiger charge is 2.18. The van der Waals surface area contributed by atoms with E-state index in [0.29, 0.717) is 11.3 Å². The van der Waals surface area contributed by atoms with Gasteiger partial charge in [0.25, 0.3) is 5.91 Å². The highest BCUT2D eigenvalue weighted by atomic mass is 19.1. The minimum atomic E-state index is -0.638. The first-order chi connectivity index (χ1) is 12.4. The monoisotopic (exact) mass is 355 g/mol. The van der Waals surface area contributed by atoms with Crippen molar-refractivity contribution < 1.29 is 18.0 Å². The molecule has 1 amide bonds. The third-order valence-corrected chi connectivity index (χ3v) is 4.39. The maximum absolute atomic E-state index is 13.7. The van der Waals surface area contributed by atoms with Gasteiger partial charge in [0.1, 0.15) is 17.4 Å². The van der Waals surface area contributed by atoms with E-state index in [4.69, 9.17) is 4.42 Å². The Balaban J connectivity index is 1.78. The van der Waals surface area contributed by atoms with Crippen LogP contribution in [0.2, 0.25) is 0 Å². The molecule has 0 bridgehead atoms. The summed E-state index contributed by atoms with van der Waals surface area (Å²) in [5.74, 6) is -0.989. The summed E-state index contributed by atoms with van der Waals surface area (Å²) >= 11 is 0. The number of carbonyl (C=O) groups excluding carboxylic acids is 1. The average molecular weight is 355 g/mol. The van der Waals surface area contributed by atoms with Crippen molar-refractivity contribution in [1.29, 1.82) is 0 Å². The lowest BCUT2D eigenvalue weighted by Crippen LogP contribution is -2.26. The predicted octanol–water partition coefficient (Wildman–Crippen LogP) is 5.33. The van der Waals surface area contributed by atoms with Crippen molar-refractivity contribution in [3.63, 3.8) is 0 Å². The number of hydrogen-bond acceptors (Lipinski definition) is 2. The van der Waals surface area contributed by atoms with E-state index in [1.54, 1.807) is 19.1 Å². The molecule has 3 rings (SSSR count). The molecule has 1 heterocycles. The maximum atomic E-state index is 13.7. The Hall–Kier alpha value is -2.95.